The van der Waals surface area contributed by atoms with Crippen molar-refractivity contribution in [1.29, 1.82) is 0 Å². The van der Waals surface area contributed by atoms with Gasteiger partial charge in [-0.2, -0.15) is 0 Å². The molecule has 0 saturated carbocycles. The van der Waals surface area contributed by atoms with Crippen molar-refractivity contribution in [2.24, 2.45) is 11.5 Å². The lowest BCUT2D eigenvalue weighted by Gasteiger charge is -2.21. The van der Waals surface area contributed by atoms with E-state index < -0.39 is 15.9 Å². The first-order valence-corrected chi connectivity index (χ1v) is 10.1. The summed E-state index contributed by atoms with van der Waals surface area (Å²) in [5.74, 6) is -0.0250. The van der Waals surface area contributed by atoms with Crippen molar-refractivity contribution in [3.05, 3.63) is 102 Å². The van der Waals surface area contributed by atoms with Gasteiger partial charge in [-0.3, -0.25) is 0 Å². The average molecular weight is 366 g/mol. The highest BCUT2D eigenvalue weighted by Crippen LogP contribution is 2.26. The fourth-order valence-electron chi connectivity index (χ4n) is 2.86. The summed E-state index contributed by atoms with van der Waals surface area (Å²) in [6.07, 6.45) is 0. The highest BCUT2D eigenvalue weighted by atomic mass is 32.2. The second-order valence-corrected chi connectivity index (χ2v) is 8.27. The molecule has 2 atom stereocenters. The van der Waals surface area contributed by atoms with Gasteiger partial charge in [0.05, 0.1) is 10.6 Å². The van der Waals surface area contributed by atoms with Crippen LogP contribution in [0.15, 0.2) is 89.8 Å². The summed E-state index contributed by atoms with van der Waals surface area (Å²) in [6.45, 7) is 0. The van der Waals surface area contributed by atoms with E-state index in [9.17, 15) is 8.42 Å². The van der Waals surface area contributed by atoms with E-state index in [4.69, 9.17) is 11.5 Å². The number of nitrogens with two attached hydrogens (primary N) is 2. The maximum Gasteiger partial charge on any atom is 0.182 e. The molecule has 0 spiro atoms. The van der Waals surface area contributed by atoms with Crippen LogP contribution in [0.2, 0.25) is 0 Å². The summed E-state index contributed by atoms with van der Waals surface area (Å²) in [4.78, 5) is 0.283. The van der Waals surface area contributed by atoms with E-state index in [1.165, 1.54) is 0 Å². The van der Waals surface area contributed by atoms with Gasteiger partial charge in [0.1, 0.15) is 0 Å². The fourth-order valence-corrected chi connectivity index (χ4v) is 4.21. The van der Waals surface area contributed by atoms with Crippen LogP contribution in [0.1, 0.15) is 28.8 Å². The molecule has 0 heterocycles. The second kappa shape index (κ2) is 7.83. The maximum absolute atomic E-state index is 12.6. The van der Waals surface area contributed by atoms with Crippen molar-refractivity contribution in [3.63, 3.8) is 0 Å². The third-order valence-electron chi connectivity index (χ3n) is 4.39. The zero-order valence-electron chi connectivity index (χ0n) is 14.3. The van der Waals surface area contributed by atoms with Gasteiger partial charge in [-0.25, -0.2) is 8.42 Å². The molecule has 5 heteroatoms. The van der Waals surface area contributed by atoms with Crippen LogP contribution in [-0.4, -0.2) is 8.42 Å². The third-order valence-corrected chi connectivity index (χ3v) is 6.10. The van der Waals surface area contributed by atoms with Crippen LogP contribution in [0.3, 0.4) is 0 Å². The number of benzene rings is 3. The van der Waals surface area contributed by atoms with Crippen LogP contribution in [0.4, 0.5) is 0 Å². The molecule has 4 N–H and O–H groups in total. The monoisotopic (exact) mass is 366 g/mol. The minimum absolute atomic E-state index is 0.0250. The molecule has 3 aromatic rings. The van der Waals surface area contributed by atoms with Crippen LogP contribution in [0, 0.1) is 0 Å². The maximum atomic E-state index is 12.6. The topological polar surface area (TPSA) is 86.2 Å². The molecule has 0 bridgehead atoms. The first kappa shape index (κ1) is 18.3. The van der Waals surface area contributed by atoms with Gasteiger partial charge in [-0.05, 0) is 28.8 Å². The normalized spacial score (nSPS) is 13.9. The Labute approximate surface area is 154 Å². The molecule has 0 saturated heterocycles. The summed E-state index contributed by atoms with van der Waals surface area (Å²) in [7, 11) is -3.40. The van der Waals surface area contributed by atoms with Crippen molar-refractivity contribution in [3.8, 4) is 0 Å². The lowest BCUT2D eigenvalue weighted by Crippen LogP contribution is -2.26. The highest BCUT2D eigenvalue weighted by molar-refractivity contribution is 7.90. The molecule has 0 aliphatic rings. The molecule has 4 nitrogen and oxygen atoms in total. The van der Waals surface area contributed by atoms with Gasteiger partial charge >= 0.3 is 0 Å². The van der Waals surface area contributed by atoms with E-state index in [1.54, 1.807) is 36.4 Å². The Morgan fingerprint density at radius 3 is 1.65 bits per heavy atom. The largest absolute Gasteiger partial charge is 0.322 e. The Bertz CT molecular complexity index is 940. The number of hydrogen-bond donors (Lipinski definition) is 2. The van der Waals surface area contributed by atoms with Crippen LogP contribution < -0.4 is 11.5 Å². The summed E-state index contributed by atoms with van der Waals surface area (Å²) in [6, 6.07) is 24.7. The molecule has 0 aromatic heterocycles. The molecule has 0 amide bonds. The lowest BCUT2D eigenvalue weighted by atomic mass is 9.95. The summed E-state index contributed by atoms with van der Waals surface area (Å²) >= 11 is 0. The fraction of sp³-hybridized carbons (Fsp3) is 0.143. The van der Waals surface area contributed by atoms with Gasteiger partial charge in [0.2, 0.25) is 0 Å². The van der Waals surface area contributed by atoms with Crippen LogP contribution in [-0.2, 0) is 15.6 Å². The van der Waals surface area contributed by atoms with Gasteiger partial charge < -0.3 is 11.5 Å². The van der Waals surface area contributed by atoms with E-state index in [0.29, 0.717) is 0 Å². The molecule has 0 unspecified atom stereocenters. The Morgan fingerprint density at radius 2 is 1.12 bits per heavy atom. The molecule has 0 aliphatic heterocycles. The minimum Gasteiger partial charge on any atom is -0.322 e. The lowest BCUT2D eigenvalue weighted by molar-refractivity contribution is 0.573. The molecule has 0 fully saturated rings. The number of rotatable bonds is 6. The van der Waals surface area contributed by atoms with Gasteiger partial charge in [-0.1, -0.05) is 72.8 Å². The Hall–Kier alpha value is -2.47. The van der Waals surface area contributed by atoms with Gasteiger partial charge in [0.15, 0.2) is 9.84 Å². The van der Waals surface area contributed by atoms with Crippen molar-refractivity contribution in [2.45, 2.75) is 22.7 Å². The first-order valence-electron chi connectivity index (χ1n) is 8.40. The highest BCUT2D eigenvalue weighted by Gasteiger charge is 2.19. The summed E-state index contributed by atoms with van der Waals surface area (Å²) < 4.78 is 25.2. The Kier molecular flexibility index (Phi) is 5.52. The predicted octanol–water partition coefficient (Wildman–Crippen LogP) is 3.36. The van der Waals surface area contributed by atoms with Crippen molar-refractivity contribution < 1.29 is 8.42 Å². The van der Waals surface area contributed by atoms with Crippen molar-refractivity contribution in [2.75, 3.05) is 0 Å². The second-order valence-electron chi connectivity index (χ2n) is 6.28. The zero-order valence-corrected chi connectivity index (χ0v) is 15.1. The standard InChI is InChI=1S/C21H22N2O2S/c22-20(17-9-5-2-6-10-17)21(23)18-11-13-19(14-12-18)26(24,25)15-16-7-3-1-4-8-16/h1-14,20-21H,15,22-23H2/t20-,21-/m0/s1. The van der Waals surface area contributed by atoms with Crippen molar-refractivity contribution >= 4 is 9.84 Å². The predicted molar refractivity (Wildman–Crippen MR) is 104 cm³/mol. The molecular formula is C21H22N2O2S. The minimum atomic E-state index is -3.40. The Balaban J connectivity index is 1.77. The average Bonchev–Trinajstić information content (AvgIpc) is 2.68. The summed E-state index contributed by atoms with van der Waals surface area (Å²) in [5, 5.41) is 0. The first-order chi connectivity index (χ1) is 12.5. The van der Waals surface area contributed by atoms with E-state index in [1.807, 2.05) is 48.5 Å². The third kappa shape index (κ3) is 4.19. The molecule has 0 aliphatic carbocycles. The zero-order chi connectivity index (χ0) is 18.6. The number of hydrogen-bond acceptors (Lipinski definition) is 4. The van der Waals surface area contributed by atoms with Crippen LogP contribution >= 0.6 is 0 Å². The molecule has 134 valence electrons. The van der Waals surface area contributed by atoms with Crippen molar-refractivity contribution in [1.82, 2.24) is 0 Å². The van der Waals surface area contributed by atoms with Gasteiger partial charge in [0, 0.05) is 12.1 Å². The molecule has 0 radical (unpaired) electrons. The van der Waals surface area contributed by atoms with E-state index in [-0.39, 0.29) is 16.7 Å². The van der Waals surface area contributed by atoms with Gasteiger partial charge in [-0.15, -0.1) is 0 Å². The number of sulfone groups is 1. The molecule has 3 aromatic carbocycles. The van der Waals surface area contributed by atoms with Crippen LogP contribution in [0.25, 0.3) is 0 Å². The van der Waals surface area contributed by atoms with Crippen LogP contribution in [0.5, 0.6) is 0 Å². The van der Waals surface area contributed by atoms with E-state index in [0.717, 1.165) is 16.7 Å². The molecule has 3 rings (SSSR count). The van der Waals surface area contributed by atoms with Gasteiger partial charge in [0.25, 0.3) is 0 Å². The quantitative estimate of drug-likeness (QED) is 0.700. The SMILES string of the molecule is N[C@@H](c1ccccc1)[C@@H](N)c1ccc(S(=O)(=O)Cc2ccccc2)cc1. The molecular weight excluding hydrogens is 344 g/mol. The van der Waals surface area contributed by atoms with E-state index >= 15 is 0 Å². The summed E-state index contributed by atoms with van der Waals surface area (Å²) in [5.41, 5.74) is 15.0. The Morgan fingerprint density at radius 1 is 0.654 bits per heavy atom. The van der Waals surface area contributed by atoms with E-state index in [2.05, 4.69) is 0 Å². The smallest absolute Gasteiger partial charge is 0.182 e. The molecule has 26 heavy (non-hydrogen) atoms.